The summed E-state index contributed by atoms with van der Waals surface area (Å²) in [5.41, 5.74) is 1.72. The Hall–Kier alpha value is -3.13. The highest BCUT2D eigenvalue weighted by molar-refractivity contribution is 5.55. The Kier molecular flexibility index (Phi) is 5.65. The van der Waals surface area contributed by atoms with Gasteiger partial charge in [-0.15, -0.1) is 5.10 Å². The summed E-state index contributed by atoms with van der Waals surface area (Å²) in [5, 5.41) is 25.2. The van der Waals surface area contributed by atoms with Crippen molar-refractivity contribution in [2.75, 3.05) is 26.1 Å². The molecular weight excluding hydrogens is 334 g/mol. The van der Waals surface area contributed by atoms with Gasteiger partial charge in [-0.1, -0.05) is 30.3 Å². The Morgan fingerprint density at radius 1 is 1.08 bits per heavy atom. The summed E-state index contributed by atoms with van der Waals surface area (Å²) in [6.07, 6.45) is -0.672. The van der Waals surface area contributed by atoms with E-state index in [1.807, 2.05) is 48.5 Å². The molecule has 3 rings (SSSR count). The topological polar surface area (TPSA) is 94.3 Å². The van der Waals surface area contributed by atoms with E-state index >= 15 is 0 Å². The number of aliphatic hydroxyl groups is 1. The highest BCUT2D eigenvalue weighted by Crippen LogP contribution is 2.29. The first-order valence-corrected chi connectivity index (χ1v) is 8.17. The number of aliphatic hydroxyl groups excluding tert-OH is 1. The SMILES string of the molecule is COc1ccc(NC[C@H](O)Cn2nnnc2-c2ccccc2)cc1OC. The van der Waals surface area contributed by atoms with Crippen LogP contribution >= 0.6 is 0 Å². The minimum atomic E-state index is -0.672. The number of ether oxygens (including phenoxy) is 2. The van der Waals surface area contributed by atoms with E-state index in [1.54, 1.807) is 18.9 Å². The van der Waals surface area contributed by atoms with Crippen LogP contribution < -0.4 is 14.8 Å². The Balaban J connectivity index is 1.62. The lowest BCUT2D eigenvalue weighted by atomic mass is 10.2. The summed E-state index contributed by atoms with van der Waals surface area (Å²) in [5.74, 6) is 1.90. The van der Waals surface area contributed by atoms with Crippen molar-refractivity contribution < 1.29 is 14.6 Å². The van der Waals surface area contributed by atoms with Crippen LogP contribution in [0.5, 0.6) is 11.5 Å². The zero-order valence-electron chi connectivity index (χ0n) is 14.7. The molecule has 136 valence electrons. The number of benzene rings is 2. The monoisotopic (exact) mass is 355 g/mol. The van der Waals surface area contributed by atoms with Crippen molar-refractivity contribution in [3.63, 3.8) is 0 Å². The molecule has 8 nitrogen and oxygen atoms in total. The number of aromatic nitrogens is 4. The van der Waals surface area contributed by atoms with Gasteiger partial charge in [-0.25, -0.2) is 4.68 Å². The average molecular weight is 355 g/mol. The number of anilines is 1. The summed E-state index contributed by atoms with van der Waals surface area (Å²) >= 11 is 0. The van der Waals surface area contributed by atoms with Crippen LogP contribution in [-0.2, 0) is 6.54 Å². The number of tetrazole rings is 1. The zero-order valence-corrected chi connectivity index (χ0v) is 14.7. The van der Waals surface area contributed by atoms with E-state index < -0.39 is 6.10 Å². The average Bonchev–Trinajstić information content (AvgIpc) is 3.14. The maximum Gasteiger partial charge on any atom is 0.182 e. The molecule has 1 heterocycles. The van der Waals surface area contributed by atoms with Gasteiger partial charge in [0.05, 0.1) is 26.9 Å². The van der Waals surface area contributed by atoms with Crippen LogP contribution in [0.15, 0.2) is 48.5 Å². The van der Waals surface area contributed by atoms with E-state index in [0.717, 1.165) is 11.3 Å². The molecule has 0 radical (unpaired) electrons. The molecule has 0 bridgehead atoms. The molecule has 0 fully saturated rings. The standard InChI is InChI=1S/C18H21N5O3/c1-25-16-9-8-14(10-17(16)26-2)19-11-15(24)12-23-18(20-21-22-23)13-6-4-3-5-7-13/h3-10,15,19,24H,11-12H2,1-2H3/t15-/m0/s1. The maximum atomic E-state index is 10.3. The summed E-state index contributed by atoms with van der Waals surface area (Å²) in [6.45, 7) is 0.612. The second kappa shape index (κ2) is 8.30. The molecule has 1 atom stereocenters. The van der Waals surface area contributed by atoms with E-state index in [4.69, 9.17) is 9.47 Å². The van der Waals surface area contributed by atoms with Gasteiger partial charge in [0.25, 0.3) is 0 Å². The first-order valence-electron chi connectivity index (χ1n) is 8.17. The molecule has 0 aliphatic heterocycles. The predicted octanol–water partition coefficient (Wildman–Crippen LogP) is 1.83. The molecule has 2 N–H and O–H groups in total. The fraction of sp³-hybridized carbons (Fsp3) is 0.278. The largest absolute Gasteiger partial charge is 0.493 e. The highest BCUT2D eigenvalue weighted by Gasteiger charge is 2.13. The van der Waals surface area contributed by atoms with Crippen LogP contribution in [0.1, 0.15) is 0 Å². The van der Waals surface area contributed by atoms with Crippen molar-refractivity contribution in [1.82, 2.24) is 20.2 Å². The van der Waals surface area contributed by atoms with Gasteiger partial charge in [-0.2, -0.15) is 0 Å². The van der Waals surface area contributed by atoms with Crippen LogP contribution in [-0.4, -0.2) is 52.2 Å². The van der Waals surface area contributed by atoms with E-state index in [1.165, 1.54) is 0 Å². The lowest BCUT2D eigenvalue weighted by Gasteiger charge is -2.15. The number of hydrogen-bond donors (Lipinski definition) is 2. The van der Waals surface area contributed by atoms with Crippen LogP contribution in [0.4, 0.5) is 5.69 Å². The van der Waals surface area contributed by atoms with Gasteiger partial charge in [0, 0.05) is 23.9 Å². The van der Waals surface area contributed by atoms with Crippen molar-refractivity contribution in [1.29, 1.82) is 0 Å². The second-order valence-electron chi connectivity index (χ2n) is 5.66. The number of nitrogens with one attached hydrogen (secondary N) is 1. The van der Waals surface area contributed by atoms with Crippen molar-refractivity contribution >= 4 is 5.69 Å². The number of nitrogens with zero attached hydrogens (tertiary/aromatic N) is 4. The fourth-order valence-corrected chi connectivity index (χ4v) is 2.57. The van der Waals surface area contributed by atoms with Gasteiger partial charge in [0.2, 0.25) is 0 Å². The minimum Gasteiger partial charge on any atom is -0.493 e. The van der Waals surface area contributed by atoms with E-state index in [-0.39, 0.29) is 6.54 Å². The van der Waals surface area contributed by atoms with Crippen molar-refractivity contribution in [2.24, 2.45) is 0 Å². The quantitative estimate of drug-likeness (QED) is 0.636. The molecule has 3 aromatic rings. The number of methoxy groups -OCH3 is 2. The summed E-state index contributed by atoms with van der Waals surface area (Å²) in [6, 6.07) is 15.1. The van der Waals surface area contributed by atoms with Crippen molar-refractivity contribution in [3.05, 3.63) is 48.5 Å². The Morgan fingerprint density at radius 3 is 2.58 bits per heavy atom. The molecule has 0 unspecified atom stereocenters. The lowest BCUT2D eigenvalue weighted by molar-refractivity contribution is 0.161. The van der Waals surface area contributed by atoms with Crippen LogP contribution in [0, 0.1) is 0 Å². The van der Waals surface area contributed by atoms with Crippen LogP contribution in [0.2, 0.25) is 0 Å². The van der Waals surface area contributed by atoms with E-state index in [2.05, 4.69) is 20.8 Å². The highest BCUT2D eigenvalue weighted by atomic mass is 16.5. The van der Waals surface area contributed by atoms with Gasteiger partial charge in [0.15, 0.2) is 17.3 Å². The number of hydrogen-bond acceptors (Lipinski definition) is 7. The van der Waals surface area contributed by atoms with Gasteiger partial charge >= 0.3 is 0 Å². The Labute approximate surface area is 151 Å². The van der Waals surface area contributed by atoms with Crippen LogP contribution in [0.3, 0.4) is 0 Å². The molecule has 0 spiro atoms. The third-order valence-electron chi connectivity index (χ3n) is 3.87. The maximum absolute atomic E-state index is 10.3. The molecule has 0 aliphatic rings. The summed E-state index contributed by atoms with van der Waals surface area (Å²) < 4.78 is 12.1. The molecule has 1 aromatic heterocycles. The van der Waals surface area contributed by atoms with Gasteiger partial charge < -0.3 is 19.9 Å². The van der Waals surface area contributed by atoms with E-state index in [9.17, 15) is 5.11 Å². The fourth-order valence-electron chi connectivity index (χ4n) is 2.57. The van der Waals surface area contributed by atoms with Crippen molar-refractivity contribution in [2.45, 2.75) is 12.6 Å². The Bertz CT molecular complexity index is 838. The molecule has 0 saturated heterocycles. The second-order valence-corrected chi connectivity index (χ2v) is 5.66. The molecule has 0 aliphatic carbocycles. The molecule has 0 amide bonds. The summed E-state index contributed by atoms with van der Waals surface area (Å²) in [7, 11) is 3.17. The summed E-state index contributed by atoms with van der Waals surface area (Å²) in [4.78, 5) is 0. The van der Waals surface area contributed by atoms with Crippen LogP contribution in [0.25, 0.3) is 11.4 Å². The lowest BCUT2D eigenvalue weighted by Crippen LogP contribution is -2.26. The van der Waals surface area contributed by atoms with Gasteiger partial charge in [0.1, 0.15) is 0 Å². The molecule has 2 aromatic carbocycles. The number of rotatable bonds is 8. The predicted molar refractivity (Wildman–Crippen MR) is 97.3 cm³/mol. The third-order valence-corrected chi connectivity index (χ3v) is 3.87. The van der Waals surface area contributed by atoms with Gasteiger partial charge in [-0.05, 0) is 22.6 Å². The molecular formula is C18H21N5O3. The zero-order chi connectivity index (χ0) is 18.4. The normalized spacial score (nSPS) is 11.8. The smallest absolute Gasteiger partial charge is 0.182 e. The van der Waals surface area contributed by atoms with E-state index in [0.29, 0.717) is 23.9 Å². The molecule has 8 heteroatoms. The first-order chi connectivity index (χ1) is 12.7. The van der Waals surface area contributed by atoms with Gasteiger partial charge in [-0.3, -0.25) is 0 Å². The molecule has 26 heavy (non-hydrogen) atoms. The van der Waals surface area contributed by atoms with Crippen molar-refractivity contribution in [3.8, 4) is 22.9 Å². The molecule has 0 saturated carbocycles. The Morgan fingerprint density at radius 2 is 1.85 bits per heavy atom. The third kappa shape index (κ3) is 4.09. The minimum absolute atomic E-state index is 0.275. The first kappa shape index (κ1) is 17.7.